The van der Waals surface area contributed by atoms with Gasteiger partial charge in [-0.15, -0.1) is 0 Å². The zero-order valence-corrected chi connectivity index (χ0v) is 24.4. The summed E-state index contributed by atoms with van der Waals surface area (Å²) in [5.41, 5.74) is 4.37. The first kappa shape index (κ1) is 29.9. The molecule has 2 heterocycles. The third-order valence-corrected chi connectivity index (χ3v) is 7.12. The highest BCUT2D eigenvalue weighted by atomic mass is 35.5. The number of hydrogen-bond acceptors (Lipinski definition) is 8. The van der Waals surface area contributed by atoms with Crippen LogP contribution in [0.4, 0.5) is 5.82 Å². The van der Waals surface area contributed by atoms with E-state index in [0.29, 0.717) is 23.5 Å². The predicted octanol–water partition coefficient (Wildman–Crippen LogP) is 6.13. The number of nitrogens with zero attached hydrogens (tertiary/aromatic N) is 4. The quantitative estimate of drug-likeness (QED) is 0.295. The molecule has 0 radical (unpaired) electrons. The molecular weight excluding hydrogens is 502 g/mol. The minimum absolute atomic E-state index is 0.250. The molecule has 9 heteroatoms. The van der Waals surface area contributed by atoms with Gasteiger partial charge in [0.05, 0.1) is 28.6 Å². The van der Waals surface area contributed by atoms with Crippen molar-refractivity contribution in [2.45, 2.75) is 72.8 Å². The summed E-state index contributed by atoms with van der Waals surface area (Å²) >= 11 is 6.70. The van der Waals surface area contributed by atoms with Crippen LogP contribution < -0.4 is 15.0 Å². The minimum Gasteiger partial charge on any atom is -0.494 e. The molecule has 0 aliphatic heterocycles. The lowest BCUT2D eigenvalue weighted by Crippen LogP contribution is -2.34. The lowest BCUT2D eigenvalue weighted by molar-refractivity contribution is 0.310. The highest BCUT2D eigenvalue weighted by Gasteiger charge is 2.28. The summed E-state index contributed by atoms with van der Waals surface area (Å²) in [6.07, 6.45) is 5.80. The molecule has 0 amide bonds. The maximum absolute atomic E-state index is 7.57. The summed E-state index contributed by atoms with van der Waals surface area (Å²) < 4.78 is 11.5. The molecule has 0 saturated heterocycles. The molecule has 38 heavy (non-hydrogen) atoms. The number of benzene rings is 1. The lowest BCUT2D eigenvalue weighted by atomic mass is 10.0. The Labute approximate surface area is 231 Å². The van der Waals surface area contributed by atoms with Gasteiger partial charge in [-0.25, -0.2) is 9.97 Å². The average molecular weight is 544 g/mol. The van der Waals surface area contributed by atoms with Crippen LogP contribution in [0, 0.1) is 20.8 Å². The Morgan fingerprint density at radius 2 is 1.87 bits per heavy atom. The van der Waals surface area contributed by atoms with Crippen LogP contribution in [-0.4, -0.2) is 59.6 Å². The number of hydrogen-bond donors (Lipinski definition) is 2. The van der Waals surface area contributed by atoms with Crippen molar-refractivity contribution in [1.82, 2.24) is 20.4 Å². The Morgan fingerprint density at radius 3 is 2.47 bits per heavy atom. The van der Waals surface area contributed by atoms with Gasteiger partial charge in [0.15, 0.2) is 5.82 Å². The second kappa shape index (κ2) is 14.5. The zero-order valence-electron chi connectivity index (χ0n) is 23.6. The third-order valence-electron chi connectivity index (χ3n) is 6.79. The van der Waals surface area contributed by atoms with E-state index in [-0.39, 0.29) is 6.61 Å². The second-order valence-electron chi connectivity index (χ2n) is 9.53. The zero-order chi connectivity index (χ0) is 27.7. The number of nitrogens with one attached hydrogen (secondary N) is 1. The van der Waals surface area contributed by atoms with Crippen LogP contribution in [0.2, 0.25) is 5.02 Å². The van der Waals surface area contributed by atoms with E-state index < -0.39 is 0 Å². The Morgan fingerprint density at radius 1 is 1.16 bits per heavy atom. The maximum atomic E-state index is 7.57. The fraction of sp³-hybridized carbons (Fsp3) is 0.552. The van der Waals surface area contributed by atoms with E-state index in [9.17, 15) is 0 Å². The fourth-order valence-electron chi connectivity index (χ4n) is 4.97. The van der Waals surface area contributed by atoms with E-state index in [1.807, 2.05) is 39.1 Å². The van der Waals surface area contributed by atoms with Crippen LogP contribution in [0.15, 0.2) is 22.7 Å². The number of ether oxygens (including phenoxy) is 1. The standard InChI is InChI=1S/C27H36ClN5O2.C2H6O/c1-6-33(20-10-7-8-11-20)27-17(2)25(24-18(3)32-35-19(24)4)30-26(31-27)22-16-21(12-13-23(22)28)34-15-9-14-29-5;1-2-3/h12-13,16,20,29H,6-11,14-15H2,1-5H3;3H,2H2,1H3. The van der Waals surface area contributed by atoms with E-state index in [2.05, 4.69) is 29.2 Å². The number of aromatic nitrogens is 3. The molecule has 0 atom stereocenters. The van der Waals surface area contributed by atoms with Crippen molar-refractivity contribution in [1.29, 1.82) is 0 Å². The number of anilines is 1. The molecule has 8 nitrogen and oxygen atoms in total. The van der Waals surface area contributed by atoms with E-state index in [1.165, 1.54) is 25.7 Å². The van der Waals surface area contributed by atoms with Gasteiger partial charge >= 0.3 is 0 Å². The van der Waals surface area contributed by atoms with Gasteiger partial charge < -0.3 is 24.6 Å². The van der Waals surface area contributed by atoms with Crippen LogP contribution in [0.5, 0.6) is 5.75 Å². The van der Waals surface area contributed by atoms with Crippen LogP contribution >= 0.6 is 11.6 Å². The van der Waals surface area contributed by atoms with Crippen LogP contribution in [0.1, 0.15) is 63.0 Å². The van der Waals surface area contributed by atoms with Gasteiger partial charge in [-0.3, -0.25) is 0 Å². The largest absolute Gasteiger partial charge is 0.494 e. The van der Waals surface area contributed by atoms with E-state index in [0.717, 1.165) is 64.9 Å². The van der Waals surface area contributed by atoms with Gasteiger partial charge in [-0.05, 0) is 85.7 Å². The molecule has 0 unspecified atom stereocenters. The predicted molar refractivity (Wildman–Crippen MR) is 154 cm³/mol. The molecule has 1 fully saturated rings. The summed E-state index contributed by atoms with van der Waals surface area (Å²) in [7, 11) is 1.94. The number of aryl methyl sites for hydroxylation is 2. The molecule has 3 aromatic rings. The number of halogens is 1. The maximum Gasteiger partial charge on any atom is 0.163 e. The summed E-state index contributed by atoms with van der Waals surface area (Å²) in [5.74, 6) is 3.05. The molecule has 2 N–H and O–H groups in total. The Bertz CT molecular complexity index is 1160. The van der Waals surface area contributed by atoms with Crippen molar-refractivity contribution >= 4 is 17.4 Å². The average Bonchev–Trinajstić information content (AvgIpc) is 3.55. The molecule has 1 aliphatic carbocycles. The van der Waals surface area contributed by atoms with E-state index in [4.69, 9.17) is 35.9 Å². The molecular formula is C29H42ClN5O3. The van der Waals surface area contributed by atoms with Crippen molar-refractivity contribution in [3.8, 4) is 28.4 Å². The van der Waals surface area contributed by atoms with E-state index >= 15 is 0 Å². The Kier molecular flexibility index (Phi) is 11.4. The first-order valence-electron chi connectivity index (χ1n) is 13.6. The van der Waals surface area contributed by atoms with Crippen molar-refractivity contribution in [2.24, 2.45) is 0 Å². The first-order valence-corrected chi connectivity index (χ1v) is 14.0. The van der Waals surface area contributed by atoms with Gasteiger partial charge in [0.1, 0.15) is 17.3 Å². The molecule has 0 spiro atoms. The van der Waals surface area contributed by atoms with E-state index in [1.54, 1.807) is 6.92 Å². The van der Waals surface area contributed by atoms with Crippen molar-refractivity contribution < 1.29 is 14.4 Å². The number of rotatable bonds is 10. The fourth-order valence-corrected chi connectivity index (χ4v) is 5.17. The third kappa shape index (κ3) is 7.04. The SMILES string of the molecule is CCN(c1nc(-c2cc(OCCCNC)ccc2Cl)nc(-c2c(C)noc2C)c1C)C1CCCC1.CCO. The lowest BCUT2D eigenvalue weighted by Gasteiger charge is -2.31. The monoisotopic (exact) mass is 543 g/mol. The number of aliphatic hydroxyl groups excluding tert-OH is 1. The highest BCUT2D eigenvalue weighted by Crippen LogP contribution is 2.38. The molecule has 1 aromatic carbocycles. The molecule has 2 aromatic heterocycles. The summed E-state index contributed by atoms with van der Waals surface area (Å²) in [4.78, 5) is 12.6. The normalized spacial score (nSPS) is 13.4. The second-order valence-corrected chi connectivity index (χ2v) is 9.94. The highest BCUT2D eigenvalue weighted by molar-refractivity contribution is 6.33. The van der Waals surface area contributed by atoms with Crippen molar-refractivity contribution in [3.05, 3.63) is 40.2 Å². The summed E-state index contributed by atoms with van der Waals surface area (Å²) in [6.45, 7) is 12.5. The topological polar surface area (TPSA) is 96.5 Å². The molecule has 1 aliphatic rings. The molecule has 1 saturated carbocycles. The van der Waals surface area contributed by atoms with Crippen LogP contribution in [0.3, 0.4) is 0 Å². The Hall–Kier alpha value is -2.68. The first-order chi connectivity index (χ1) is 18.4. The van der Waals surface area contributed by atoms with Gasteiger partial charge in [0.2, 0.25) is 0 Å². The molecule has 4 rings (SSSR count). The van der Waals surface area contributed by atoms with Gasteiger partial charge in [0.25, 0.3) is 0 Å². The molecule has 0 bridgehead atoms. The van der Waals surface area contributed by atoms with Crippen LogP contribution in [-0.2, 0) is 0 Å². The molecule has 208 valence electrons. The summed E-state index contributed by atoms with van der Waals surface area (Å²) in [5, 5.41) is 15.5. The minimum atomic E-state index is 0.250. The summed E-state index contributed by atoms with van der Waals surface area (Å²) in [6, 6.07) is 6.18. The van der Waals surface area contributed by atoms with Gasteiger partial charge in [-0.1, -0.05) is 29.6 Å². The smallest absolute Gasteiger partial charge is 0.163 e. The van der Waals surface area contributed by atoms with Gasteiger partial charge in [-0.2, -0.15) is 0 Å². The number of aliphatic hydroxyl groups is 1. The van der Waals surface area contributed by atoms with Crippen molar-refractivity contribution in [3.63, 3.8) is 0 Å². The Balaban J connectivity index is 0.00000127. The van der Waals surface area contributed by atoms with Crippen molar-refractivity contribution in [2.75, 3.05) is 38.3 Å². The van der Waals surface area contributed by atoms with Gasteiger partial charge in [0, 0.05) is 30.3 Å². The van der Waals surface area contributed by atoms with Crippen LogP contribution in [0.25, 0.3) is 22.6 Å².